The van der Waals surface area contributed by atoms with Gasteiger partial charge in [-0.15, -0.1) is 0 Å². The van der Waals surface area contributed by atoms with Crippen LogP contribution in [0, 0.1) is 19.7 Å². The van der Waals surface area contributed by atoms with E-state index in [0.717, 1.165) is 5.56 Å². The molecule has 0 heterocycles. The molecule has 106 valence electrons. The number of rotatable bonds is 4. The first-order chi connectivity index (χ1) is 9.45. The van der Waals surface area contributed by atoms with Crippen LogP contribution < -0.4 is 0 Å². The van der Waals surface area contributed by atoms with Gasteiger partial charge >= 0.3 is 0 Å². The van der Waals surface area contributed by atoms with Crippen LogP contribution in [0.3, 0.4) is 0 Å². The maximum Gasteiger partial charge on any atom is 0.127 e. The van der Waals surface area contributed by atoms with Gasteiger partial charge in [0, 0.05) is 10.9 Å². The Morgan fingerprint density at radius 3 is 2.45 bits per heavy atom. The van der Waals surface area contributed by atoms with Crippen LogP contribution in [0.15, 0.2) is 40.9 Å². The van der Waals surface area contributed by atoms with Crippen LogP contribution in [-0.4, -0.2) is 11.2 Å². The summed E-state index contributed by atoms with van der Waals surface area (Å²) < 4.78 is 14.4. The van der Waals surface area contributed by atoms with Crippen LogP contribution in [0.25, 0.3) is 0 Å². The molecule has 0 amide bonds. The molecule has 0 aromatic heterocycles. The molecule has 20 heavy (non-hydrogen) atoms. The molecule has 0 aliphatic rings. The first-order valence-corrected chi connectivity index (χ1v) is 7.43. The number of aliphatic hydroxyl groups is 1. The highest BCUT2D eigenvalue weighted by Gasteiger charge is 2.11. The summed E-state index contributed by atoms with van der Waals surface area (Å²) in [5.41, 5.74) is 4.08. The van der Waals surface area contributed by atoms with E-state index in [9.17, 15) is 9.50 Å². The summed E-state index contributed by atoms with van der Waals surface area (Å²) >= 11 is 3.23. The summed E-state index contributed by atoms with van der Waals surface area (Å²) in [5.74, 6) is -0.279. The first kappa shape index (κ1) is 15.2. The van der Waals surface area contributed by atoms with Gasteiger partial charge in [0.25, 0.3) is 0 Å². The van der Waals surface area contributed by atoms with Gasteiger partial charge in [0.15, 0.2) is 0 Å². The molecule has 0 aliphatic carbocycles. The normalized spacial score (nSPS) is 12.4. The molecule has 1 N–H and O–H groups in total. The highest BCUT2D eigenvalue weighted by molar-refractivity contribution is 9.10. The van der Waals surface area contributed by atoms with E-state index in [-0.39, 0.29) is 5.82 Å². The Labute approximate surface area is 127 Å². The maximum absolute atomic E-state index is 13.7. The molecule has 3 heteroatoms. The molecule has 1 unspecified atom stereocenters. The van der Waals surface area contributed by atoms with Crippen molar-refractivity contribution in [3.05, 3.63) is 68.9 Å². The van der Waals surface area contributed by atoms with Gasteiger partial charge in [0.05, 0.1) is 6.10 Å². The van der Waals surface area contributed by atoms with Gasteiger partial charge in [-0.1, -0.05) is 40.2 Å². The summed E-state index contributed by atoms with van der Waals surface area (Å²) in [6.45, 7) is 4.12. The van der Waals surface area contributed by atoms with Gasteiger partial charge in [0.1, 0.15) is 5.82 Å². The monoisotopic (exact) mass is 336 g/mol. The minimum atomic E-state index is -0.576. The van der Waals surface area contributed by atoms with Crippen LogP contribution >= 0.6 is 15.9 Å². The fourth-order valence-corrected chi connectivity index (χ4v) is 2.55. The minimum absolute atomic E-state index is 0.279. The van der Waals surface area contributed by atoms with Crippen molar-refractivity contribution in [3.63, 3.8) is 0 Å². The van der Waals surface area contributed by atoms with E-state index >= 15 is 0 Å². The molecule has 0 bridgehead atoms. The average Bonchev–Trinajstić information content (AvgIpc) is 2.37. The summed E-state index contributed by atoms with van der Waals surface area (Å²) in [6, 6.07) is 11.1. The van der Waals surface area contributed by atoms with Gasteiger partial charge < -0.3 is 5.11 Å². The highest BCUT2D eigenvalue weighted by atomic mass is 79.9. The SMILES string of the molecule is Cc1ccc(CC(O)Cc2ccc(Br)cc2F)cc1C. The standard InChI is InChI=1S/C17H18BrFO/c1-11-3-4-13(7-12(11)2)8-16(20)9-14-5-6-15(18)10-17(14)19/h3-7,10,16,20H,8-9H2,1-2H3. The lowest BCUT2D eigenvalue weighted by molar-refractivity contribution is 0.174. The van der Waals surface area contributed by atoms with Gasteiger partial charge in [-0.3, -0.25) is 0 Å². The minimum Gasteiger partial charge on any atom is -0.392 e. The molecule has 0 radical (unpaired) electrons. The zero-order chi connectivity index (χ0) is 14.7. The third-order valence-electron chi connectivity index (χ3n) is 3.51. The first-order valence-electron chi connectivity index (χ1n) is 6.64. The third-order valence-corrected chi connectivity index (χ3v) is 4.01. The number of benzene rings is 2. The number of halogens is 2. The summed E-state index contributed by atoms with van der Waals surface area (Å²) in [6.07, 6.45) is 0.288. The van der Waals surface area contributed by atoms with Crippen molar-refractivity contribution in [1.29, 1.82) is 0 Å². The van der Waals surface area contributed by atoms with Crippen molar-refractivity contribution in [2.24, 2.45) is 0 Å². The number of aryl methyl sites for hydroxylation is 2. The second kappa shape index (κ2) is 6.51. The van der Waals surface area contributed by atoms with Crippen LogP contribution in [-0.2, 0) is 12.8 Å². The van der Waals surface area contributed by atoms with Crippen LogP contribution in [0.4, 0.5) is 4.39 Å². The summed E-state index contributed by atoms with van der Waals surface area (Å²) in [5, 5.41) is 10.1. The van der Waals surface area contributed by atoms with E-state index in [2.05, 4.69) is 41.9 Å². The number of hydrogen-bond donors (Lipinski definition) is 1. The predicted octanol–water partition coefficient (Wildman–Crippen LogP) is 4.35. The lowest BCUT2D eigenvalue weighted by Crippen LogP contribution is -2.15. The Morgan fingerprint density at radius 1 is 1.05 bits per heavy atom. The smallest absolute Gasteiger partial charge is 0.127 e. The second-order valence-electron chi connectivity index (χ2n) is 5.22. The van der Waals surface area contributed by atoms with E-state index < -0.39 is 6.10 Å². The van der Waals surface area contributed by atoms with Crippen LogP contribution in [0.5, 0.6) is 0 Å². The molecule has 0 spiro atoms. The van der Waals surface area contributed by atoms with Crippen molar-refractivity contribution in [2.75, 3.05) is 0 Å². The van der Waals surface area contributed by atoms with E-state index in [1.165, 1.54) is 17.2 Å². The molecule has 0 saturated heterocycles. The molecule has 2 rings (SSSR count). The van der Waals surface area contributed by atoms with E-state index in [1.54, 1.807) is 12.1 Å². The Bertz CT molecular complexity index is 610. The third kappa shape index (κ3) is 3.90. The quantitative estimate of drug-likeness (QED) is 0.879. The number of aliphatic hydroxyl groups excluding tert-OH is 1. The maximum atomic E-state index is 13.7. The molecule has 1 atom stereocenters. The molecular weight excluding hydrogens is 319 g/mol. The zero-order valence-corrected chi connectivity index (χ0v) is 13.2. The van der Waals surface area contributed by atoms with Crippen LogP contribution in [0.2, 0.25) is 0 Å². The summed E-state index contributed by atoms with van der Waals surface area (Å²) in [7, 11) is 0. The van der Waals surface area contributed by atoms with E-state index in [4.69, 9.17) is 0 Å². The van der Waals surface area contributed by atoms with Crippen molar-refractivity contribution >= 4 is 15.9 Å². The highest BCUT2D eigenvalue weighted by Crippen LogP contribution is 2.18. The largest absolute Gasteiger partial charge is 0.392 e. The molecular formula is C17H18BrFO. The molecule has 2 aromatic rings. The Hall–Kier alpha value is -1.19. The topological polar surface area (TPSA) is 20.2 Å². The Morgan fingerprint density at radius 2 is 1.80 bits per heavy atom. The fourth-order valence-electron chi connectivity index (χ4n) is 2.22. The van der Waals surface area contributed by atoms with E-state index in [0.29, 0.717) is 22.9 Å². The number of hydrogen-bond acceptors (Lipinski definition) is 1. The average molecular weight is 337 g/mol. The van der Waals surface area contributed by atoms with Gasteiger partial charge in [-0.25, -0.2) is 4.39 Å². The van der Waals surface area contributed by atoms with Gasteiger partial charge in [-0.2, -0.15) is 0 Å². The molecule has 0 saturated carbocycles. The molecule has 1 nitrogen and oxygen atoms in total. The van der Waals surface area contributed by atoms with Crippen LogP contribution in [0.1, 0.15) is 22.3 Å². The zero-order valence-electron chi connectivity index (χ0n) is 11.7. The Kier molecular flexibility index (Phi) is 4.95. The van der Waals surface area contributed by atoms with Crippen molar-refractivity contribution in [3.8, 4) is 0 Å². The lowest BCUT2D eigenvalue weighted by atomic mass is 9.98. The fraction of sp³-hybridized carbons (Fsp3) is 0.294. The lowest BCUT2D eigenvalue weighted by Gasteiger charge is -2.13. The second-order valence-corrected chi connectivity index (χ2v) is 6.13. The van der Waals surface area contributed by atoms with Crippen molar-refractivity contribution in [1.82, 2.24) is 0 Å². The predicted molar refractivity (Wildman–Crippen MR) is 83.4 cm³/mol. The van der Waals surface area contributed by atoms with Crippen molar-refractivity contribution in [2.45, 2.75) is 32.8 Å². The molecule has 0 fully saturated rings. The Balaban J connectivity index is 2.04. The van der Waals surface area contributed by atoms with E-state index in [1.807, 2.05) is 6.07 Å². The molecule has 2 aromatic carbocycles. The molecule has 0 aliphatic heterocycles. The summed E-state index contributed by atoms with van der Waals surface area (Å²) in [4.78, 5) is 0. The van der Waals surface area contributed by atoms with Crippen molar-refractivity contribution < 1.29 is 9.50 Å². The van der Waals surface area contributed by atoms with Gasteiger partial charge in [-0.05, 0) is 54.7 Å². The van der Waals surface area contributed by atoms with Gasteiger partial charge in [0.2, 0.25) is 0 Å².